The second kappa shape index (κ2) is 8.57. The van der Waals surface area contributed by atoms with Crippen LogP contribution in [0.2, 0.25) is 0 Å². The monoisotopic (exact) mass is 292 g/mol. The van der Waals surface area contributed by atoms with Crippen LogP contribution >= 0.6 is 0 Å². The largest absolute Gasteiger partial charge is 0.343 e. The zero-order valence-corrected chi connectivity index (χ0v) is 13.7. The van der Waals surface area contributed by atoms with E-state index in [-0.39, 0.29) is 0 Å². The normalized spacial score (nSPS) is 25.0. The number of likely N-dealkylation sites (tertiary alicyclic amines) is 2. The van der Waals surface area contributed by atoms with E-state index in [0.29, 0.717) is 12.3 Å². The van der Waals surface area contributed by atoms with Crippen molar-refractivity contribution in [1.29, 1.82) is 0 Å². The molecule has 1 atom stereocenters. The molecule has 2 fully saturated rings. The van der Waals surface area contributed by atoms with Crippen molar-refractivity contribution in [2.75, 3.05) is 26.2 Å². The second-order valence-corrected chi connectivity index (χ2v) is 6.82. The van der Waals surface area contributed by atoms with Crippen LogP contribution in [0.25, 0.3) is 0 Å². The summed E-state index contributed by atoms with van der Waals surface area (Å²) in [6.45, 7) is 10.6. The first-order valence-corrected chi connectivity index (χ1v) is 8.83. The standard InChI is InChI=1S/C18H32N2O/c1-3-4-8-18(21)20-14-10-17(11-15-20)9-13-19-12-6-5-7-16(19)2/h3,16-17H,1,4-15H2,2H3. The molecule has 0 N–H and O–H groups in total. The van der Waals surface area contributed by atoms with Gasteiger partial charge in [-0.1, -0.05) is 12.5 Å². The topological polar surface area (TPSA) is 23.6 Å². The van der Waals surface area contributed by atoms with E-state index in [1.807, 2.05) is 6.08 Å². The Kier molecular flexibility index (Phi) is 6.75. The summed E-state index contributed by atoms with van der Waals surface area (Å²) in [5.74, 6) is 1.14. The van der Waals surface area contributed by atoms with E-state index in [4.69, 9.17) is 0 Å². The zero-order valence-electron chi connectivity index (χ0n) is 13.7. The first-order chi connectivity index (χ1) is 10.2. The molecule has 0 radical (unpaired) electrons. The number of carbonyl (C=O) groups is 1. The van der Waals surface area contributed by atoms with E-state index in [1.54, 1.807) is 0 Å². The number of hydrogen-bond acceptors (Lipinski definition) is 2. The van der Waals surface area contributed by atoms with Crippen LogP contribution in [0.15, 0.2) is 12.7 Å². The smallest absolute Gasteiger partial charge is 0.222 e. The third-order valence-corrected chi connectivity index (χ3v) is 5.29. The third-order valence-electron chi connectivity index (χ3n) is 5.29. The van der Waals surface area contributed by atoms with Gasteiger partial charge in [-0.2, -0.15) is 0 Å². The number of rotatable bonds is 6. The number of carbonyl (C=O) groups excluding carboxylic acids is 1. The van der Waals surface area contributed by atoms with Crippen molar-refractivity contribution in [3.05, 3.63) is 12.7 Å². The fraction of sp³-hybridized carbons (Fsp3) is 0.833. The highest BCUT2D eigenvalue weighted by atomic mass is 16.2. The van der Waals surface area contributed by atoms with Crippen molar-refractivity contribution >= 4 is 5.91 Å². The number of hydrogen-bond donors (Lipinski definition) is 0. The molecule has 0 aliphatic carbocycles. The molecule has 3 nitrogen and oxygen atoms in total. The summed E-state index contributed by atoms with van der Waals surface area (Å²) in [5.41, 5.74) is 0. The summed E-state index contributed by atoms with van der Waals surface area (Å²) in [6.07, 6.45) is 11.2. The van der Waals surface area contributed by atoms with E-state index in [9.17, 15) is 4.79 Å². The summed E-state index contributed by atoms with van der Waals surface area (Å²) in [6, 6.07) is 0.777. The first kappa shape index (κ1) is 16.5. The lowest BCUT2D eigenvalue weighted by Gasteiger charge is -2.36. The summed E-state index contributed by atoms with van der Waals surface area (Å²) in [5, 5.41) is 0. The molecule has 120 valence electrons. The first-order valence-electron chi connectivity index (χ1n) is 8.83. The molecule has 0 spiro atoms. The summed E-state index contributed by atoms with van der Waals surface area (Å²) < 4.78 is 0. The highest BCUT2D eigenvalue weighted by Crippen LogP contribution is 2.23. The molecule has 0 aromatic rings. The fourth-order valence-corrected chi connectivity index (χ4v) is 3.69. The number of allylic oxidation sites excluding steroid dienone is 1. The van der Waals surface area contributed by atoms with Crippen LogP contribution < -0.4 is 0 Å². The van der Waals surface area contributed by atoms with E-state index in [1.165, 1.54) is 51.6 Å². The molecule has 0 aromatic heterocycles. The van der Waals surface area contributed by atoms with Crippen LogP contribution in [0.4, 0.5) is 0 Å². The van der Waals surface area contributed by atoms with E-state index >= 15 is 0 Å². The van der Waals surface area contributed by atoms with Gasteiger partial charge in [0.05, 0.1) is 0 Å². The van der Waals surface area contributed by atoms with Gasteiger partial charge in [-0.25, -0.2) is 0 Å². The van der Waals surface area contributed by atoms with Crippen molar-refractivity contribution in [3.8, 4) is 0 Å². The maximum absolute atomic E-state index is 12.0. The Morgan fingerprint density at radius 3 is 2.62 bits per heavy atom. The molecule has 0 aromatic carbocycles. The average Bonchev–Trinajstić information content (AvgIpc) is 2.52. The van der Waals surface area contributed by atoms with E-state index in [2.05, 4.69) is 23.3 Å². The molecule has 0 saturated carbocycles. The predicted molar refractivity (Wildman–Crippen MR) is 88.2 cm³/mol. The van der Waals surface area contributed by atoms with Crippen LogP contribution in [-0.2, 0) is 4.79 Å². The lowest BCUT2D eigenvalue weighted by molar-refractivity contribution is -0.132. The van der Waals surface area contributed by atoms with Crippen molar-refractivity contribution in [3.63, 3.8) is 0 Å². The van der Waals surface area contributed by atoms with Crippen LogP contribution in [-0.4, -0.2) is 47.9 Å². The molecular formula is C18H32N2O. The van der Waals surface area contributed by atoms with Gasteiger partial charge in [0.1, 0.15) is 0 Å². The molecular weight excluding hydrogens is 260 g/mol. The second-order valence-electron chi connectivity index (χ2n) is 6.82. The molecule has 21 heavy (non-hydrogen) atoms. The van der Waals surface area contributed by atoms with Crippen molar-refractivity contribution in [2.45, 2.75) is 64.3 Å². The number of nitrogens with zero attached hydrogens (tertiary/aromatic N) is 2. The van der Waals surface area contributed by atoms with Gasteiger partial charge in [0, 0.05) is 25.6 Å². The predicted octanol–water partition coefficient (Wildman–Crippen LogP) is 3.46. The number of amides is 1. The lowest BCUT2D eigenvalue weighted by Crippen LogP contribution is -2.41. The van der Waals surface area contributed by atoms with Gasteiger partial charge in [-0.3, -0.25) is 4.79 Å². The van der Waals surface area contributed by atoms with Crippen molar-refractivity contribution in [1.82, 2.24) is 9.80 Å². The van der Waals surface area contributed by atoms with Gasteiger partial charge in [0.25, 0.3) is 0 Å². The molecule has 2 rings (SSSR count). The van der Waals surface area contributed by atoms with Gasteiger partial charge in [-0.15, -0.1) is 6.58 Å². The van der Waals surface area contributed by atoms with Crippen molar-refractivity contribution < 1.29 is 4.79 Å². The number of piperidine rings is 2. The quantitative estimate of drug-likeness (QED) is 0.700. The minimum absolute atomic E-state index is 0.318. The SMILES string of the molecule is C=CCCC(=O)N1CCC(CCN2CCCCC2C)CC1. The maximum atomic E-state index is 12.0. The van der Waals surface area contributed by atoms with Crippen LogP contribution in [0, 0.1) is 5.92 Å². The molecule has 2 heterocycles. The molecule has 2 aliphatic heterocycles. The molecule has 1 unspecified atom stereocenters. The highest BCUT2D eigenvalue weighted by Gasteiger charge is 2.24. The minimum atomic E-state index is 0.318. The maximum Gasteiger partial charge on any atom is 0.222 e. The molecule has 2 aliphatic rings. The van der Waals surface area contributed by atoms with E-state index in [0.717, 1.165) is 31.5 Å². The van der Waals surface area contributed by atoms with Crippen LogP contribution in [0.5, 0.6) is 0 Å². The van der Waals surface area contributed by atoms with Crippen LogP contribution in [0.3, 0.4) is 0 Å². The van der Waals surface area contributed by atoms with Gasteiger partial charge in [0.15, 0.2) is 0 Å². The van der Waals surface area contributed by atoms with E-state index < -0.39 is 0 Å². The zero-order chi connectivity index (χ0) is 15.1. The van der Waals surface area contributed by atoms with Gasteiger partial charge >= 0.3 is 0 Å². The molecule has 2 saturated heterocycles. The molecule has 3 heteroatoms. The Morgan fingerprint density at radius 1 is 1.19 bits per heavy atom. The Balaban J connectivity index is 1.64. The summed E-state index contributed by atoms with van der Waals surface area (Å²) in [4.78, 5) is 16.7. The lowest BCUT2D eigenvalue weighted by atomic mass is 9.92. The average molecular weight is 292 g/mol. The minimum Gasteiger partial charge on any atom is -0.343 e. The Bertz CT molecular complexity index is 334. The fourth-order valence-electron chi connectivity index (χ4n) is 3.69. The van der Waals surface area contributed by atoms with Crippen molar-refractivity contribution in [2.24, 2.45) is 5.92 Å². The van der Waals surface area contributed by atoms with Gasteiger partial charge < -0.3 is 9.80 Å². The Hall–Kier alpha value is -0.830. The van der Waals surface area contributed by atoms with Crippen LogP contribution in [0.1, 0.15) is 58.3 Å². The summed E-state index contributed by atoms with van der Waals surface area (Å²) >= 11 is 0. The Morgan fingerprint density at radius 2 is 1.95 bits per heavy atom. The summed E-state index contributed by atoms with van der Waals surface area (Å²) in [7, 11) is 0. The Labute approximate surface area is 130 Å². The molecule has 1 amide bonds. The van der Waals surface area contributed by atoms with Gasteiger partial charge in [-0.05, 0) is 64.5 Å². The highest BCUT2D eigenvalue weighted by molar-refractivity contribution is 5.76. The molecule has 0 bridgehead atoms. The third kappa shape index (κ3) is 5.14. The van der Waals surface area contributed by atoms with Gasteiger partial charge in [0.2, 0.25) is 5.91 Å².